The number of methoxy groups -OCH3 is 1. The van der Waals surface area contributed by atoms with Gasteiger partial charge in [-0.1, -0.05) is 0 Å². The normalized spacial score (nSPS) is 34.0. The molecule has 0 aromatic rings. The fourth-order valence-electron chi connectivity index (χ4n) is 1.39. The maximum atomic E-state index is 10.9. The molecule has 0 aromatic heterocycles. The Bertz CT molecular complexity index is 232. The van der Waals surface area contributed by atoms with Crippen LogP contribution in [0, 0.1) is 0 Å². The lowest BCUT2D eigenvalue weighted by Crippen LogP contribution is -2.35. The van der Waals surface area contributed by atoms with Gasteiger partial charge in [0.25, 0.3) is 0 Å². The zero-order valence-electron chi connectivity index (χ0n) is 8.91. The number of ether oxygens (including phenoxy) is 3. The maximum Gasteiger partial charge on any atom is 0.308 e. The molecule has 0 unspecified atom stereocenters. The van der Waals surface area contributed by atoms with Gasteiger partial charge in [-0.15, -0.1) is 0 Å². The second-order valence-electron chi connectivity index (χ2n) is 3.42. The molecule has 1 fully saturated rings. The first-order valence-corrected chi connectivity index (χ1v) is 4.91. The molecule has 1 aliphatic rings. The summed E-state index contributed by atoms with van der Waals surface area (Å²) < 4.78 is 14.6. The minimum atomic E-state index is -1.16. The highest BCUT2D eigenvalue weighted by atomic mass is 16.7. The molecule has 1 heterocycles. The Labute approximate surface area is 92.5 Å². The van der Waals surface area contributed by atoms with E-state index in [1.54, 1.807) is 0 Å². The van der Waals surface area contributed by atoms with Crippen molar-refractivity contribution < 1.29 is 34.3 Å². The number of rotatable bonds is 5. The Morgan fingerprint density at radius 3 is 2.56 bits per heavy atom. The first-order valence-electron chi connectivity index (χ1n) is 4.91. The van der Waals surface area contributed by atoms with Crippen molar-refractivity contribution in [2.45, 2.75) is 31.0 Å². The molecule has 4 atom stereocenters. The molecular weight excluding hydrogens is 220 g/mol. The van der Waals surface area contributed by atoms with Gasteiger partial charge in [-0.25, -0.2) is 0 Å². The standard InChI is InChI=1S/C9H16O7/c1-14-9-8(13)7(12)5(16-9)4-15-6(11)2-3-10/h5,7-10,12-13H,2-4H2,1H3/t5-,7-,8+,9+/m1/s1. The van der Waals surface area contributed by atoms with Crippen LogP contribution in [0.4, 0.5) is 0 Å². The molecule has 1 rings (SSSR count). The van der Waals surface area contributed by atoms with Crippen LogP contribution < -0.4 is 0 Å². The molecule has 7 heteroatoms. The number of hydrogen-bond donors (Lipinski definition) is 3. The lowest BCUT2D eigenvalue weighted by molar-refractivity contribution is -0.165. The molecule has 1 aliphatic heterocycles. The molecule has 0 saturated carbocycles. The van der Waals surface area contributed by atoms with Crippen molar-refractivity contribution in [1.29, 1.82) is 0 Å². The summed E-state index contributed by atoms with van der Waals surface area (Å²) >= 11 is 0. The van der Waals surface area contributed by atoms with Gasteiger partial charge in [-0.05, 0) is 0 Å². The topological polar surface area (TPSA) is 105 Å². The highest BCUT2D eigenvalue weighted by molar-refractivity contribution is 5.69. The zero-order chi connectivity index (χ0) is 12.1. The molecule has 7 nitrogen and oxygen atoms in total. The van der Waals surface area contributed by atoms with E-state index < -0.39 is 30.6 Å². The average Bonchev–Trinajstić information content (AvgIpc) is 2.54. The Balaban J connectivity index is 2.35. The molecule has 0 aromatic carbocycles. The molecule has 16 heavy (non-hydrogen) atoms. The number of hydrogen-bond acceptors (Lipinski definition) is 7. The first-order chi connectivity index (χ1) is 7.60. The summed E-state index contributed by atoms with van der Waals surface area (Å²) in [7, 11) is 1.33. The fraction of sp³-hybridized carbons (Fsp3) is 0.889. The van der Waals surface area contributed by atoms with Gasteiger partial charge in [0.2, 0.25) is 0 Å². The minimum absolute atomic E-state index is 0.112. The number of carbonyl (C=O) groups is 1. The van der Waals surface area contributed by atoms with E-state index in [1.807, 2.05) is 0 Å². The van der Waals surface area contributed by atoms with Gasteiger partial charge in [0, 0.05) is 7.11 Å². The van der Waals surface area contributed by atoms with E-state index in [0.717, 1.165) is 0 Å². The number of carbonyl (C=O) groups excluding carboxylic acids is 1. The van der Waals surface area contributed by atoms with Crippen LogP contribution in [0.1, 0.15) is 6.42 Å². The molecular formula is C9H16O7. The van der Waals surface area contributed by atoms with E-state index in [-0.39, 0.29) is 19.6 Å². The third-order valence-electron chi connectivity index (χ3n) is 2.28. The summed E-state index contributed by atoms with van der Waals surface area (Å²) in [5, 5.41) is 27.4. The molecule has 0 radical (unpaired) electrons. The molecule has 0 bridgehead atoms. The van der Waals surface area contributed by atoms with Gasteiger partial charge in [0.15, 0.2) is 6.29 Å². The van der Waals surface area contributed by atoms with Crippen LogP contribution in [-0.4, -0.2) is 66.2 Å². The molecule has 0 aliphatic carbocycles. The summed E-state index contributed by atoms with van der Waals surface area (Å²) in [6.07, 6.45) is -4.17. The Morgan fingerprint density at radius 1 is 1.38 bits per heavy atom. The second-order valence-corrected chi connectivity index (χ2v) is 3.42. The van der Waals surface area contributed by atoms with Crippen LogP contribution in [0.25, 0.3) is 0 Å². The molecule has 94 valence electrons. The van der Waals surface area contributed by atoms with Gasteiger partial charge < -0.3 is 29.5 Å². The van der Waals surface area contributed by atoms with E-state index in [4.69, 9.17) is 19.3 Å². The van der Waals surface area contributed by atoms with Gasteiger partial charge in [-0.3, -0.25) is 4.79 Å². The predicted octanol–water partition coefficient (Wildman–Crippen LogP) is -1.99. The lowest BCUT2D eigenvalue weighted by atomic mass is 10.1. The monoisotopic (exact) mass is 236 g/mol. The Morgan fingerprint density at radius 2 is 2.06 bits per heavy atom. The molecule has 1 saturated heterocycles. The van der Waals surface area contributed by atoms with Crippen LogP contribution in [0.3, 0.4) is 0 Å². The van der Waals surface area contributed by atoms with Crippen molar-refractivity contribution in [3.63, 3.8) is 0 Å². The van der Waals surface area contributed by atoms with Gasteiger partial charge in [0.1, 0.15) is 24.9 Å². The first kappa shape index (κ1) is 13.3. The SMILES string of the molecule is CO[C@H]1O[C@H](COC(=O)CCO)[C@@H](O)[C@@H]1O. The molecule has 3 N–H and O–H groups in total. The van der Waals surface area contributed by atoms with E-state index in [9.17, 15) is 15.0 Å². The molecule has 0 spiro atoms. The van der Waals surface area contributed by atoms with Crippen LogP contribution in [0.5, 0.6) is 0 Å². The van der Waals surface area contributed by atoms with Crippen molar-refractivity contribution in [2.75, 3.05) is 20.3 Å². The smallest absolute Gasteiger partial charge is 0.308 e. The summed E-state index contributed by atoms with van der Waals surface area (Å²) in [6, 6.07) is 0. The van der Waals surface area contributed by atoms with Crippen molar-refractivity contribution in [1.82, 2.24) is 0 Å². The summed E-state index contributed by atoms with van der Waals surface area (Å²) in [6.45, 7) is -0.479. The number of esters is 1. The zero-order valence-corrected chi connectivity index (χ0v) is 8.91. The van der Waals surface area contributed by atoms with Gasteiger partial charge in [0.05, 0.1) is 13.0 Å². The van der Waals surface area contributed by atoms with Crippen LogP contribution >= 0.6 is 0 Å². The number of aliphatic hydroxyl groups is 3. The minimum Gasteiger partial charge on any atom is -0.463 e. The maximum absolute atomic E-state index is 10.9. The lowest BCUT2D eigenvalue weighted by Gasteiger charge is -2.13. The van der Waals surface area contributed by atoms with Crippen molar-refractivity contribution >= 4 is 5.97 Å². The van der Waals surface area contributed by atoms with E-state index in [0.29, 0.717) is 0 Å². The molecule has 0 amide bonds. The van der Waals surface area contributed by atoms with Gasteiger partial charge >= 0.3 is 5.97 Å². The third kappa shape index (κ3) is 3.13. The quantitative estimate of drug-likeness (QED) is 0.474. The Hall–Kier alpha value is -0.730. The van der Waals surface area contributed by atoms with Crippen LogP contribution in [0.2, 0.25) is 0 Å². The van der Waals surface area contributed by atoms with Crippen molar-refractivity contribution in [3.05, 3.63) is 0 Å². The predicted molar refractivity (Wildman–Crippen MR) is 50.3 cm³/mol. The highest BCUT2D eigenvalue weighted by Gasteiger charge is 2.43. The van der Waals surface area contributed by atoms with Crippen molar-refractivity contribution in [3.8, 4) is 0 Å². The van der Waals surface area contributed by atoms with E-state index in [2.05, 4.69) is 0 Å². The van der Waals surface area contributed by atoms with Gasteiger partial charge in [-0.2, -0.15) is 0 Å². The van der Waals surface area contributed by atoms with Crippen LogP contribution in [-0.2, 0) is 19.0 Å². The van der Waals surface area contributed by atoms with E-state index in [1.165, 1.54) is 7.11 Å². The fourth-order valence-corrected chi connectivity index (χ4v) is 1.39. The third-order valence-corrected chi connectivity index (χ3v) is 2.28. The largest absolute Gasteiger partial charge is 0.463 e. The van der Waals surface area contributed by atoms with E-state index >= 15 is 0 Å². The Kier molecular flexibility index (Phi) is 5.10. The summed E-state index contributed by atoms with van der Waals surface area (Å²) in [5.41, 5.74) is 0. The summed E-state index contributed by atoms with van der Waals surface area (Å²) in [5.74, 6) is -0.589. The summed E-state index contributed by atoms with van der Waals surface area (Å²) in [4.78, 5) is 10.9. The second kappa shape index (κ2) is 6.12. The number of aliphatic hydroxyl groups excluding tert-OH is 3. The van der Waals surface area contributed by atoms with Crippen molar-refractivity contribution in [2.24, 2.45) is 0 Å². The highest BCUT2D eigenvalue weighted by Crippen LogP contribution is 2.21. The average molecular weight is 236 g/mol. The van der Waals surface area contributed by atoms with Crippen LogP contribution in [0.15, 0.2) is 0 Å².